The number of rotatable bonds is 3. The smallest absolute Gasteiger partial charge is 0.250 e. The fourth-order valence-corrected chi connectivity index (χ4v) is 2.13. The summed E-state index contributed by atoms with van der Waals surface area (Å²) < 4.78 is 5.13. The third-order valence-corrected chi connectivity index (χ3v) is 3.22. The molecule has 0 unspecified atom stereocenters. The van der Waals surface area contributed by atoms with Gasteiger partial charge in [-0.25, -0.2) is 4.98 Å². The molecule has 5 nitrogen and oxygen atoms in total. The van der Waals surface area contributed by atoms with Gasteiger partial charge in [-0.1, -0.05) is 6.07 Å². The first-order valence-electron chi connectivity index (χ1n) is 6.39. The van der Waals surface area contributed by atoms with E-state index >= 15 is 0 Å². The Morgan fingerprint density at radius 2 is 1.90 bits per heavy atom. The number of fused-ring (bicyclic) bond motifs is 1. The largest absolute Gasteiger partial charge is 0.497 e. The van der Waals surface area contributed by atoms with Gasteiger partial charge < -0.3 is 10.5 Å². The van der Waals surface area contributed by atoms with E-state index in [0.717, 1.165) is 11.3 Å². The van der Waals surface area contributed by atoms with Crippen molar-refractivity contribution in [1.29, 1.82) is 0 Å². The highest BCUT2D eigenvalue weighted by molar-refractivity contribution is 6.04. The molecule has 1 aromatic heterocycles. The van der Waals surface area contributed by atoms with Crippen LogP contribution < -0.4 is 10.5 Å². The van der Waals surface area contributed by atoms with Gasteiger partial charge in [0.1, 0.15) is 11.3 Å². The number of nitrogens with two attached hydrogens (primary N) is 1. The van der Waals surface area contributed by atoms with E-state index in [-0.39, 0.29) is 0 Å². The van der Waals surface area contributed by atoms with Gasteiger partial charge in [0.25, 0.3) is 5.91 Å². The standard InChI is InChI=1S/C16H13N3O2/c1-21-11-7-5-10(6-8-11)14-9-18-13-4-2-3-12(16(17)20)15(13)19-14/h2-9H,1H3,(H2,17,20). The van der Waals surface area contributed by atoms with Crippen molar-refractivity contribution in [3.63, 3.8) is 0 Å². The zero-order valence-electron chi connectivity index (χ0n) is 11.4. The van der Waals surface area contributed by atoms with Crippen LogP contribution in [0, 0.1) is 0 Å². The van der Waals surface area contributed by atoms with Gasteiger partial charge in [0.15, 0.2) is 0 Å². The maximum atomic E-state index is 11.5. The van der Waals surface area contributed by atoms with Crippen molar-refractivity contribution in [2.75, 3.05) is 7.11 Å². The first kappa shape index (κ1) is 13.1. The third kappa shape index (κ3) is 2.41. The summed E-state index contributed by atoms with van der Waals surface area (Å²) in [6.45, 7) is 0. The van der Waals surface area contributed by atoms with Crippen LogP contribution in [0.3, 0.4) is 0 Å². The minimum absolute atomic E-state index is 0.371. The third-order valence-electron chi connectivity index (χ3n) is 3.22. The molecule has 21 heavy (non-hydrogen) atoms. The van der Waals surface area contributed by atoms with Crippen LogP contribution in [0.4, 0.5) is 0 Å². The van der Waals surface area contributed by atoms with E-state index in [1.54, 1.807) is 31.5 Å². The molecule has 0 atom stereocenters. The van der Waals surface area contributed by atoms with E-state index in [1.165, 1.54) is 0 Å². The Morgan fingerprint density at radius 1 is 1.14 bits per heavy atom. The van der Waals surface area contributed by atoms with E-state index in [4.69, 9.17) is 10.5 Å². The minimum atomic E-state index is -0.512. The number of nitrogens with zero attached hydrogens (tertiary/aromatic N) is 2. The Morgan fingerprint density at radius 3 is 2.57 bits per heavy atom. The second-order valence-electron chi connectivity index (χ2n) is 4.52. The van der Waals surface area contributed by atoms with Crippen LogP contribution in [0.15, 0.2) is 48.7 Å². The molecule has 3 aromatic rings. The van der Waals surface area contributed by atoms with Crippen LogP contribution in [-0.4, -0.2) is 23.0 Å². The van der Waals surface area contributed by atoms with Crippen LogP contribution in [0.2, 0.25) is 0 Å². The van der Waals surface area contributed by atoms with Crippen molar-refractivity contribution in [3.05, 3.63) is 54.2 Å². The number of carbonyl (C=O) groups is 1. The van der Waals surface area contributed by atoms with Crippen LogP contribution in [0.25, 0.3) is 22.3 Å². The van der Waals surface area contributed by atoms with Crippen LogP contribution in [-0.2, 0) is 0 Å². The van der Waals surface area contributed by atoms with Gasteiger partial charge >= 0.3 is 0 Å². The molecule has 0 aliphatic carbocycles. The molecule has 1 amide bonds. The molecule has 5 heteroatoms. The molecule has 0 spiro atoms. The number of ether oxygens (including phenoxy) is 1. The van der Waals surface area contributed by atoms with Gasteiger partial charge in [0.2, 0.25) is 0 Å². The number of carbonyl (C=O) groups excluding carboxylic acids is 1. The predicted octanol–water partition coefficient (Wildman–Crippen LogP) is 2.40. The predicted molar refractivity (Wildman–Crippen MR) is 80.0 cm³/mol. The summed E-state index contributed by atoms with van der Waals surface area (Å²) in [5.74, 6) is 0.257. The lowest BCUT2D eigenvalue weighted by atomic mass is 10.1. The van der Waals surface area contributed by atoms with Gasteiger partial charge in [0.05, 0.1) is 30.1 Å². The summed E-state index contributed by atoms with van der Waals surface area (Å²) in [7, 11) is 1.62. The average molecular weight is 279 g/mol. The molecule has 0 aliphatic rings. The second-order valence-corrected chi connectivity index (χ2v) is 4.52. The van der Waals surface area contributed by atoms with Crippen molar-refractivity contribution in [3.8, 4) is 17.0 Å². The number of primary amides is 1. The first-order valence-corrected chi connectivity index (χ1v) is 6.39. The number of benzene rings is 2. The molecule has 0 radical (unpaired) electrons. The van der Waals surface area contributed by atoms with Crippen LogP contribution >= 0.6 is 0 Å². The fraction of sp³-hybridized carbons (Fsp3) is 0.0625. The number of hydrogen-bond donors (Lipinski definition) is 1. The summed E-state index contributed by atoms with van der Waals surface area (Å²) in [5.41, 5.74) is 8.48. The summed E-state index contributed by atoms with van der Waals surface area (Å²) in [5, 5.41) is 0. The summed E-state index contributed by atoms with van der Waals surface area (Å²) in [4.78, 5) is 20.3. The highest BCUT2D eigenvalue weighted by Gasteiger charge is 2.10. The maximum Gasteiger partial charge on any atom is 0.250 e. The van der Waals surface area contributed by atoms with Crippen molar-refractivity contribution in [2.24, 2.45) is 5.73 Å². The zero-order chi connectivity index (χ0) is 14.8. The summed E-state index contributed by atoms with van der Waals surface area (Å²) in [6.07, 6.45) is 1.68. The second kappa shape index (κ2) is 5.20. The van der Waals surface area contributed by atoms with E-state index in [0.29, 0.717) is 22.3 Å². The molecular formula is C16H13N3O2. The molecule has 104 valence electrons. The number of amides is 1. The topological polar surface area (TPSA) is 78.1 Å². The summed E-state index contributed by atoms with van der Waals surface area (Å²) >= 11 is 0. The average Bonchev–Trinajstić information content (AvgIpc) is 2.53. The lowest BCUT2D eigenvalue weighted by Crippen LogP contribution is -2.12. The SMILES string of the molecule is COc1ccc(-c2cnc3cccc(C(N)=O)c3n2)cc1. The van der Waals surface area contributed by atoms with E-state index in [1.807, 2.05) is 24.3 Å². The molecule has 0 saturated carbocycles. The maximum absolute atomic E-state index is 11.5. The molecule has 0 saturated heterocycles. The zero-order valence-corrected chi connectivity index (χ0v) is 11.4. The van der Waals surface area contributed by atoms with Gasteiger partial charge in [-0.15, -0.1) is 0 Å². The monoisotopic (exact) mass is 279 g/mol. The number of hydrogen-bond acceptors (Lipinski definition) is 4. The Hall–Kier alpha value is -2.95. The molecular weight excluding hydrogens is 266 g/mol. The van der Waals surface area contributed by atoms with Crippen molar-refractivity contribution < 1.29 is 9.53 Å². The Labute approximate surface area is 121 Å². The van der Waals surface area contributed by atoms with Crippen LogP contribution in [0.1, 0.15) is 10.4 Å². The fourth-order valence-electron chi connectivity index (χ4n) is 2.13. The minimum Gasteiger partial charge on any atom is -0.497 e. The van der Waals surface area contributed by atoms with Gasteiger partial charge in [-0.2, -0.15) is 0 Å². The van der Waals surface area contributed by atoms with Gasteiger partial charge in [-0.05, 0) is 36.4 Å². The molecule has 1 heterocycles. The molecule has 0 bridgehead atoms. The Balaban J connectivity index is 2.15. The highest BCUT2D eigenvalue weighted by atomic mass is 16.5. The van der Waals surface area contributed by atoms with Crippen molar-refractivity contribution in [1.82, 2.24) is 9.97 Å². The Kier molecular flexibility index (Phi) is 3.23. The quantitative estimate of drug-likeness (QED) is 0.798. The normalized spacial score (nSPS) is 10.5. The van der Waals surface area contributed by atoms with E-state index < -0.39 is 5.91 Å². The van der Waals surface area contributed by atoms with Crippen molar-refractivity contribution in [2.45, 2.75) is 0 Å². The molecule has 0 aliphatic heterocycles. The lowest BCUT2D eigenvalue weighted by molar-refractivity contribution is 0.100. The van der Waals surface area contributed by atoms with Crippen molar-refractivity contribution >= 4 is 16.9 Å². The van der Waals surface area contributed by atoms with E-state index in [9.17, 15) is 4.79 Å². The lowest BCUT2D eigenvalue weighted by Gasteiger charge is -2.06. The summed E-state index contributed by atoms with van der Waals surface area (Å²) in [6, 6.07) is 12.7. The highest BCUT2D eigenvalue weighted by Crippen LogP contribution is 2.23. The molecule has 3 rings (SSSR count). The van der Waals surface area contributed by atoms with Gasteiger partial charge in [0, 0.05) is 5.56 Å². The molecule has 2 aromatic carbocycles. The first-order chi connectivity index (χ1) is 10.2. The number of aromatic nitrogens is 2. The Bertz CT molecular complexity index is 813. The molecule has 2 N–H and O–H groups in total. The van der Waals surface area contributed by atoms with E-state index in [2.05, 4.69) is 9.97 Å². The number of para-hydroxylation sites is 1. The van der Waals surface area contributed by atoms with Gasteiger partial charge in [-0.3, -0.25) is 9.78 Å². The number of methoxy groups -OCH3 is 1. The van der Waals surface area contributed by atoms with Crippen LogP contribution in [0.5, 0.6) is 5.75 Å². The molecule has 0 fully saturated rings.